The van der Waals surface area contributed by atoms with Crippen molar-refractivity contribution in [3.63, 3.8) is 0 Å². The van der Waals surface area contributed by atoms with Crippen LogP contribution >= 0.6 is 0 Å². The molecule has 5 nitrogen and oxygen atoms in total. The molecule has 1 aromatic heterocycles. The zero-order valence-electron chi connectivity index (χ0n) is 11.3. The molecule has 1 amide bonds. The molecule has 1 N–H and O–H groups in total. The molecule has 1 atom stereocenters. The maximum Gasteiger partial charge on any atom is 0.240 e. The van der Waals surface area contributed by atoms with Gasteiger partial charge in [0.05, 0.1) is 6.04 Å². The zero-order valence-corrected chi connectivity index (χ0v) is 11.3. The van der Waals surface area contributed by atoms with E-state index < -0.39 is 0 Å². The van der Waals surface area contributed by atoms with Gasteiger partial charge in [0.1, 0.15) is 0 Å². The highest BCUT2D eigenvalue weighted by molar-refractivity contribution is 5.82. The van der Waals surface area contributed by atoms with Crippen LogP contribution in [0.2, 0.25) is 0 Å². The van der Waals surface area contributed by atoms with E-state index in [1.54, 1.807) is 12.4 Å². The average Bonchev–Trinajstić information content (AvgIpc) is 2.55. The fraction of sp³-hybridized carbons (Fsp3) is 0.571. The topological polar surface area (TPSA) is 56.7 Å². The predicted octanol–water partition coefficient (Wildman–Crippen LogP) is 0.497. The molecule has 0 radical (unpaired) electrons. The summed E-state index contributed by atoms with van der Waals surface area (Å²) in [6.07, 6.45) is 4.96. The van der Waals surface area contributed by atoms with Crippen LogP contribution in [0.15, 0.2) is 24.5 Å². The molecule has 1 saturated heterocycles. The lowest BCUT2D eigenvalue weighted by atomic mass is 10.1. The quantitative estimate of drug-likeness (QED) is 0.859. The average molecular weight is 263 g/mol. The lowest BCUT2D eigenvalue weighted by molar-refractivity contribution is -0.136. The highest BCUT2D eigenvalue weighted by Crippen LogP contribution is 2.15. The Bertz CT molecular complexity index is 410. The van der Waals surface area contributed by atoms with Gasteiger partial charge in [-0.05, 0) is 37.6 Å². The van der Waals surface area contributed by atoms with Gasteiger partial charge < -0.3 is 10.0 Å². The third-order valence-electron chi connectivity index (χ3n) is 3.59. The van der Waals surface area contributed by atoms with E-state index in [9.17, 15) is 4.79 Å². The Morgan fingerprint density at radius 2 is 2.11 bits per heavy atom. The number of rotatable bonds is 4. The van der Waals surface area contributed by atoms with Crippen LogP contribution < -0.4 is 0 Å². The number of carbonyl (C=O) groups excluding carboxylic acids is 1. The molecule has 2 heterocycles. The number of amides is 1. The number of hydrogen-bond donors (Lipinski definition) is 1. The largest absolute Gasteiger partial charge is 0.396 e. The predicted molar refractivity (Wildman–Crippen MR) is 72.4 cm³/mol. The van der Waals surface area contributed by atoms with E-state index >= 15 is 0 Å². The summed E-state index contributed by atoms with van der Waals surface area (Å²) in [6, 6.07) is 3.67. The van der Waals surface area contributed by atoms with Crippen LogP contribution in [-0.4, -0.2) is 58.6 Å². The molecule has 2 rings (SSSR count). The third kappa shape index (κ3) is 3.52. The number of pyridine rings is 1. The number of likely N-dealkylation sites (N-methyl/N-ethyl adjacent to an activating group) is 1. The van der Waals surface area contributed by atoms with Gasteiger partial charge in [-0.1, -0.05) is 0 Å². The highest BCUT2D eigenvalue weighted by atomic mass is 16.3. The summed E-state index contributed by atoms with van der Waals surface area (Å²) < 4.78 is 0. The third-order valence-corrected chi connectivity index (χ3v) is 3.59. The van der Waals surface area contributed by atoms with Gasteiger partial charge in [-0.2, -0.15) is 0 Å². The first-order valence-corrected chi connectivity index (χ1v) is 6.71. The Hall–Kier alpha value is -1.46. The molecule has 1 aromatic rings. The van der Waals surface area contributed by atoms with Crippen LogP contribution in [0.3, 0.4) is 0 Å². The van der Waals surface area contributed by atoms with Gasteiger partial charge in [-0.15, -0.1) is 0 Å². The summed E-state index contributed by atoms with van der Waals surface area (Å²) in [5.74, 6) is 0.117. The zero-order chi connectivity index (χ0) is 13.7. The van der Waals surface area contributed by atoms with Gasteiger partial charge in [-0.25, -0.2) is 0 Å². The fourth-order valence-corrected chi connectivity index (χ4v) is 2.51. The molecule has 0 bridgehead atoms. The number of aliphatic hydroxyl groups excluding tert-OH is 1. The van der Waals surface area contributed by atoms with E-state index in [2.05, 4.69) is 4.98 Å². The van der Waals surface area contributed by atoms with Crippen molar-refractivity contribution in [1.82, 2.24) is 14.8 Å². The van der Waals surface area contributed by atoms with Crippen molar-refractivity contribution in [2.45, 2.75) is 25.4 Å². The molecule has 0 aromatic carbocycles. The minimum absolute atomic E-state index is 0.0455. The van der Waals surface area contributed by atoms with Crippen LogP contribution in [0, 0.1) is 0 Å². The molecule has 1 aliphatic heterocycles. The molecule has 1 unspecified atom stereocenters. The first-order valence-electron chi connectivity index (χ1n) is 6.71. The van der Waals surface area contributed by atoms with E-state index in [1.165, 1.54) is 0 Å². The molecule has 0 saturated carbocycles. The smallest absolute Gasteiger partial charge is 0.240 e. The highest BCUT2D eigenvalue weighted by Gasteiger charge is 2.29. The molecule has 1 fully saturated rings. The van der Waals surface area contributed by atoms with Crippen molar-refractivity contribution >= 4 is 5.91 Å². The van der Waals surface area contributed by atoms with Gasteiger partial charge in [0, 0.05) is 38.6 Å². The maximum atomic E-state index is 12.5. The molecule has 5 heteroatoms. The van der Waals surface area contributed by atoms with Gasteiger partial charge in [0.2, 0.25) is 5.91 Å². The number of aromatic nitrogens is 1. The Morgan fingerprint density at radius 1 is 1.37 bits per heavy atom. The van der Waals surface area contributed by atoms with Crippen LogP contribution in [0.5, 0.6) is 0 Å². The second-order valence-electron chi connectivity index (χ2n) is 4.98. The number of hydrogen-bond acceptors (Lipinski definition) is 4. The van der Waals surface area contributed by atoms with Crippen LogP contribution in [-0.2, 0) is 11.3 Å². The standard InChI is InChI=1S/C14H21N3O2/c1-16-8-2-9-17(14(19)13(16)5-10-18)11-12-3-6-15-7-4-12/h3-4,6-7,13,18H,2,5,8-11H2,1H3. The van der Waals surface area contributed by atoms with Crippen LogP contribution in [0.1, 0.15) is 18.4 Å². The van der Waals surface area contributed by atoms with Gasteiger partial charge in [-0.3, -0.25) is 14.7 Å². The fourth-order valence-electron chi connectivity index (χ4n) is 2.51. The van der Waals surface area contributed by atoms with Crippen molar-refractivity contribution in [2.75, 3.05) is 26.7 Å². The second-order valence-corrected chi connectivity index (χ2v) is 4.98. The van der Waals surface area contributed by atoms with E-state index in [0.717, 1.165) is 25.1 Å². The Labute approximate surface area is 113 Å². The van der Waals surface area contributed by atoms with Crippen molar-refractivity contribution in [1.29, 1.82) is 0 Å². The second kappa shape index (κ2) is 6.63. The Kier molecular flexibility index (Phi) is 4.87. The Morgan fingerprint density at radius 3 is 2.79 bits per heavy atom. The summed E-state index contributed by atoms with van der Waals surface area (Å²) >= 11 is 0. The van der Waals surface area contributed by atoms with Crippen molar-refractivity contribution in [3.05, 3.63) is 30.1 Å². The first kappa shape index (κ1) is 14.0. The number of carbonyl (C=O) groups is 1. The minimum atomic E-state index is -0.200. The minimum Gasteiger partial charge on any atom is -0.396 e. The maximum absolute atomic E-state index is 12.5. The lowest BCUT2D eigenvalue weighted by Crippen LogP contribution is -2.44. The molecule has 0 spiro atoms. The lowest BCUT2D eigenvalue weighted by Gasteiger charge is -2.27. The van der Waals surface area contributed by atoms with Crippen LogP contribution in [0.4, 0.5) is 0 Å². The summed E-state index contributed by atoms with van der Waals surface area (Å²) in [6.45, 7) is 2.33. The van der Waals surface area contributed by atoms with Gasteiger partial charge in [0.15, 0.2) is 0 Å². The normalized spacial score (nSPS) is 21.5. The summed E-state index contributed by atoms with van der Waals surface area (Å²) in [7, 11) is 1.95. The Balaban J connectivity index is 2.09. The van der Waals surface area contributed by atoms with E-state index in [4.69, 9.17) is 5.11 Å². The van der Waals surface area contributed by atoms with E-state index in [1.807, 2.05) is 29.0 Å². The van der Waals surface area contributed by atoms with Crippen molar-refractivity contribution in [3.8, 4) is 0 Å². The first-order chi connectivity index (χ1) is 9.22. The molecular formula is C14H21N3O2. The van der Waals surface area contributed by atoms with Gasteiger partial charge in [0.25, 0.3) is 0 Å². The van der Waals surface area contributed by atoms with E-state index in [-0.39, 0.29) is 18.6 Å². The van der Waals surface area contributed by atoms with Gasteiger partial charge >= 0.3 is 0 Å². The molecule has 1 aliphatic rings. The monoisotopic (exact) mass is 263 g/mol. The summed E-state index contributed by atoms with van der Waals surface area (Å²) in [5, 5.41) is 9.12. The molecule has 19 heavy (non-hydrogen) atoms. The molecule has 104 valence electrons. The molecule has 0 aliphatic carbocycles. The number of aliphatic hydroxyl groups is 1. The SMILES string of the molecule is CN1CCCN(Cc2ccncc2)C(=O)C1CCO. The van der Waals surface area contributed by atoms with Crippen molar-refractivity contribution in [2.24, 2.45) is 0 Å². The summed E-state index contributed by atoms with van der Waals surface area (Å²) in [5.41, 5.74) is 1.09. The molecular weight excluding hydrogens is 242 g/mol. The summed E-state index contributed by atoms with van der Waals surface area (Å²) in [4.78, 5) is 20.4. The number of nitrogens with zero attached hydrogens (tertiary/aromatic N) is 3. The van der Waals surface area contributed by atoms with E-state index in [0.29, 0.717) is 13.0 Å². The van der Waals surface area contributed by atoms with Crippen molar-refractivity contribution < 1.29 is 9.90 Å². The van der Waals surface area contributed by atoms with Crippen LogP contribution in [0.25, 0.3) is 0 Å².